The molecule has 0 radical (unpaired) electrons. The fourth-order valence-corrected chi connectivity index (χ4v) is 1.47. The minimum atomic E-state index is -0.802. The van der Waals surface area contributed by atoms with E-state index in [1.165, 1.54) is 0 Å². The minimum Gasteiger partial charge on any atom is -0.457 e. The molecule has 19 heavy (non-hydrogen) atoms. The van der Waals surface area contributed by atoms with E-state index in [2.05, 4.69) is 0 Å². The second kappa shape index (κ2) is 5.17. The highest BCUT2D eigenvalue weighted by molar-refractivity contribution is 5.93. The van der Waals surface area contributed by atoms with E-state index < -0.39 is 17.1 Å². The molecular weight excluding hydrogens is 254 g/mol. The molecule has 1 aliphatic heterocycles. The molecule has 3 rings (SSSR count). The number of hydrogen-bond donors (Lipinski definition) is 3. The van der Waals surface area contributed by atoms with Gasteiger partial charge < -0.3 is 4.74 Å². The van der Waals surface area contributed by atoms with Crippen molar-refractivity contribution >= 4 is 5.97 Å². The van der Waals surface area contributed by atoms with Crippen LogP contribution < -0.4 is 17.1 Å². The molecule has 0 fully saturated rings. The molecule has 1 aromatic carbocycles. The summed E-state index contributed by atoms with van der Waals surface area (Å²) in [7, 11) is 0. The zero-order chi connectivity index (χ0) is 13.8. The van der Waals surface area contributed by atoms with Gasteiger partial charge in [0.15, 0.2) is 0 Å². The monoisotopic (exact) mass is 263 g/mol. The van der Waals surface area contributed by atoms with Crippen LogP contribution >= 0.6 is 0 Å². The lowest BCUT2D eigenvalue weighted by molar-refractivity contribution is 0.0535. The maximum Gasteiger partial charge on any atom is 0.338 e. The van der Waals surface area contributed by atoms with E-state index in [1.807, 2.05) is 18.2 Å². The van der Waals surface area contributed by atoms with E-state index >= 15 is 0 Å². The third kappa shape index (κ3) is 3.06. The van der Waals surface area contributed by atoms with Gasteiger partial charge in [-0.1, -0.05) is 18.2 Å². The zero-order valence-corrected chi connectivity index (χ0v) is 9.56. The first-order valence-corrected chi connectivity index (χ1v) is 5.24. The highest BCUT2D eigenvalue weighted by Crippen LogP contribution is 2.17. The molecule has 0 saturated heterocycles. The van der Waals surface area contributed by atoms with Crippen molar-refractivity contribution < 1.29 is 9.53 Å². The summed E-state index contributed by atoms with van der Waals surface area (Å²) in [5.41, 5.74) is -0.703. The van der Waals surface area contributed by atoms with E-state index in [1.54, 1.807) is 21.0 Å². The third-order valence-corrected chi connectivity index (χ3v) is 2.28. The molecule has 0 aliphatic carbocycles. The number of carbonyl (C=O) groups is 1. The SMILES string of the molecule is O=C1OCc2ccccc21.O=c1[nH]c(=O)[nH]c(=O)[nH]1. The van der Waals surface area contributed by atoms with Gasteiger partial charge in [0.05, 0.1) is 5.56 Å². The summed E-state index contributed by atoms with van der Waals surface area (Å²) in [5, 5.41) is 0. The maximum absolute atomic E-state index is 10.8. The Morgan fingerprint density at radius 1 is 0.842 bits per heavy atom. The molecule has 2 heterocycles. The first-order chi connectivity index (χ1) is 9.06. The van der Waals surface area contributed by atoms with Gasteiger partial charge in [0.2, 0.25) is 0 Å². The van der Waals surface area contributed by atoms with Gasteiger partial charge in [0.25, 0.3) is 0 Å². The molecule has 0 atom stereocenters. The number of ether oxygens (including phenoxy) is 1. The number of aromatic nitrogens is 3. The molecule has 0 unspecified atom stereocenters. The number of rotatable bonds is 0. The van der Waals surface area contributed by atoms with Crippen LogP contribution in [0.2, 0.25) is 0 Å². The summed E-state index contributed by atoms with van der Waals surface area (Å²) < 4.78 is 4.78. The Kier molecular flexibility index (Phi) is 3.42. The van der Waals surface area contributed by atoms with E-state index in [0.29, 0.717) is 12.2 Å². The molecule has 0 spiro atoms. The maximum atomic E-state index is 10.8. The van der Waals surface area contributed by atoms with Crippen molar-refractivity contribution in [3.63, 3.8) is 0 Å². The van der Waals surface area contributed by atoms with Crippen LogP contribution in [0, 0.1) is 0 Å². The Morgan fingerprint density at radius 3 is 1.89 bits per heavy atom. The zero-order valence-electron chi connectivity index (χ0n) is 9.56. The Hall–Kier alpha value is -2.90. The highest BCUT2D eigenvalue weighted by atomic mass is 16.5. The molecule has 98 valence electrons. The first kappa shape index (κ1) is 12.6. The summed E-state index contributed by atoms with van der Waals surface area (Å²) in [6, 6.07) is 7.43. The van der Waals surface area contributed by atoms with Gasteiger partial charge in [0, 0.05) is 5.56 Å². The lowest BCUT2D eigenvalue weighted by Gasteiger charge is -1.87. The largest absolute Gasteiger partial charge is 0.457 e. The van der Waals surface area contributed by atoms with Gasteiger partial charge in [-0.25, -0.2) is 19.2 Å². The van der Waals surface area contributed by atoms with Crippen LogP contribution in [0.3, 0.4) is 0 Å². The van der Waals surface area contributed by atoms with Crippen LogP contribution in [0.1, 0.15) is 15.9 Å². The molecular formula is C11H9N3O5. The average molecular weight is 263 g/mol. The van der Waals surface area contributed by atoms with Crippen molar-refractivity contribution in [1.82, 2.24) is 15.0 Å². The predicted molar refractivity (Wildman–Crippen MR) is 63.9 cm³/mol. The van der Waals surface area contributed by atoms with E-state index in [-0.39, 0.29) is 5.97 Å². The fraction of sp³-hybridized carbons (Fsp3) is 0.0909. The van der Waals surface area contributed by atoms with Gasteiger partial charge in [0.1, 0.15) is 6.61 Å². The lowest BCUT2D eigenvalue weighted by Crippen LogP contribution is -2.34. The second-order valence-corrected chi connectivity index (χ2v) is 3.60. The second-order valence-electron chi connectivity index (χ2n) is 3.60. The Bertz CT molecular complexity index is 692. The number of carbonyl (C=O) groups excluding carboxylic acids is 1. The number of aromatic amines is 3. The van der Waals surface area contributed by atoms with E-state index in [4.69, 9.17) is 4.74 Å². The van der Waals surface area contributed by atoms with E-state index in [0.717, 1.165) is 5.56 Å². The molecule has 0 bridgehead atoms. The van der Waals surface area contributed by atoms with Gasteiger partial charge in [-0.3, -0.25) is 15.0 Å². The quantitative estimate of drug-likeness (QED) is 0.531. The van der Waals surface area contributed by atoms with Crippen molar-refractivity contribution in [2.45, 2.75) is 6.61 Å². The lowest BCUT2D eigenvalue weighted by atomic mass is 10.1. The summed E-state index contributed by atoms with van der Waals surface area (Å²) >= 11 is 0. The number of H-pyrrole nitrogens is 3. The van der Waals surface area contributed by atoms with Gasteiger partial charge in [-0.05, 0) is 6.07 Å². The number of esters is 1. The van der Waals surface area contributed by atoms with Gasteiger partial charge in [-0.15, -0.1) is 0 Å². The standard InChI is InChI=1S/C8H6O2.C3H3N3O3/c9-8-7-4-2-1-3-6(7)5-10-8;7-1-4-2(8)6-3(9)5-1/h1-4H,5H2;(H3,4,5,6,7,8,9). The molecule has 1 aromatic heterocycles. The van der Waals surface area contributed by atoms with Crippen molar-refractivity contribution in [3.05, 3.63) is 66.8 Å². The van der Waals surface area contributed by atoms with Crippen LogP contribution in [0.5, 0.6) is 0 Å². The summed E-state index contributed by atoms with van der Waals surface area (Å²) in [6.07, 6.45) is 0. The number of cyclic esters (lactones) is 1. The number of hydrogen-bond acceptors (Lipinski definition) is 5. The molecule has 1 aliphatic rings. The summed E-state index contributed by atoms with van der Waals surface area (Å²) in [5.74, 6) is -0.199. The number of fused-ring (bicyclic) bond motifs is 1. The van der Waals surface area contributed by atoms with Crippen LogP contribution in [-0.4, -0.2) is 20.9 Å². The predicted octanol–water partition coefficient (Wildman–Crippen LogP) is -0.891. The van der Waals surface area contributed by atoms with Crippen molar-refractivity contribution in [1.29, 1.82) is 0 Å². The minimum absolute atomic E-state index is 0.199. The van der Waals surface area contributed by atoms with Crippen molar-refractivity contribution in [2.75, 3.05) is 0 Å². The highest BCUT2D eigenvalue weighted by Gasteiger charge is 2.18. The fourth-order valence-electron chi connectivity index (χ4n) is 1.47. The summed E-state index contributed by atoms with van der Waals surface area (Å²) in [4.78, 5) is 46.7. The van der Waals surface area contributed by atoms with E-state index in [9.17, 15) is 19.2 Å². The summed E-state index contributed by atoms with van der Waals surface area (Å²) in [6.45, 7) is 0.439. The van der Waals surface area contributed by atoms with Crippen LogP contribution in [0.15, 0.2) is 38.6 Å². The Labute approximate surface area is 105 Å². The van der Waals surface area contributed by atoms with Crippen LogP contribution in [-0.2, 0) is 11.3 Å². The number of benzene rings is 1. The van der Waals surface area contributed by atoms with Gasteiger partial charge >= 0.3 is 23.0 Å². The third-order valence-electron chi connectivity index (χ3n) is 2.28. The normalized spacial score (nSPS) is 12.1. The number of nitrogens with one attached hydrogen (secondary N) is 3. The van der Waals surface area contributed by atoms with Crippen LogP contribution in [0.25, 0.3) is 0 Å². The smallest absolute Gasteiger partial charge is 0.338 e. The topological polar surface area (TPSA) is 125 Å². The molecule has 8 heteroatoms. The first-order valence-electron chi connectivity index (χ1n) is 5.24. The molecule has 0 saturated carbocycles. The van der Waals surface area contributed by atoms with Crippen LogP contribution in [0.4, 0.5) is 0 Å². The van der Waals surface area contributed by atoms with Crippen molar-refractivity contribution in [3.8, 4) is 0 Å². The van der Waals surface area contributed by atoms with Gasteiger partial charge in [-0.2, -0.15) is 0 Å². The Balaban J connectivity index is 0.000000141. The molecule has 8 nitrogen and oxygen atoms in total. The molecule has 0 amide bonds. The molecule has 2 aromatic rings. The average Bonchev–Trinajstić information content (AvgIpc) is 2.71. The Morgan fingerprint density at radius 2 is 1.37 bits per heavy atom. The van der Waals surface area contributed by atoms with Crippen molar-refractivity contribution in [2.24, 2.45) is 0 Å². The molecule has 3 N–H and O–H groups in total.